The third-order valence-electron chi connectivity index (χ3n) is 5.74. The van der Waals surface area contributed by atoms with Crippen molar-refractivity contribution in [2.45, 2.75) is 25.0 Å². The molecule has 29 heavy (non-hydrogen) atoms. The highest BCUT2D eigenvalue weighted by molar-refractivity contribution is 6.30. The molecular weight excluding hydrogens is 399 g/mol. The number of anilines is 1. The fraction of sp³-hybridized carbons (Fsp3) is 0.429. The summed E-state index contributed by atoms with van der Waals surface area (Å²) < 4.78 is 25.1. The van der Waals surface area contributed by atoms with Crippen molar-refractivity contribution in [3.63, 3.8) is 0 Å². The Kier molecular flexibility index (Phi) is 5.61. The number of fused-ring (bicyclic) bond motifs is 1. The van der Waals surface area contributed by atoms with Gasteiger partial charge in [-0.3, -0.25) is 0 Å². The molecule has 0 radical (unpaired) electrons. The number of para-hydroxylation sites is 1. The second-order valence-electron chi connectivity index (χ2n) is 7.57. The summed E-state index contributed by atoms with van der Waals surface area (Å²) in [6.45, 7) is 1.25. The first kappa shape index (κ1) is 19.9. The van der Waals surface area contributed by atoms with Crippen molar-refractivity contribution in [3.05, 3.63) is 52.9 Å². The summed E-state index contributed by atoms with van der Waals surface area (Å²) in [5.41, 5.74) is 0.324. The number of hydrogen-bond acceptors (Lipinski definition) is 6. The van der Waals surface area contributed by atoms with Crippen LogP contribution in [0.4, 0.5) is 10.2 Å². The molecule has 0 unspecified atom stereocenters. The molecule has 1 aromatic heterocycles. The molecule has 154 valence electrons. The summed E-state index contributed by atoms with van der Waals surface area (Å²) in [6.07, 6.45) is 1.45. The van der Waals surface area contributed by atoms with Gasteiger partial charge in [0.05, 0.1) is 18.2 Å². The largest absolute Gasteiger partial charge is 0.487 e. The van der Waals surface area contributed by atoms with Gasteiger partial charge in [-0.25, -0.2) is 14.2 Å². The summed E-state index contributed by atoms with van der Waals surface area (Å²) in [7, 11) is 1.32. The lowest BCUT2D eigenvalue weighted by Crippen LogP contribution is -2.42. The highest BCUT2D eigenvalue weighted by atomic mass is 35.5. The molecule has 1 aliphatic heterocycles. The maximum Gasteiger partial charge on any atom is 0.341 e. The third-order valence-corrected chi connectivity index (χ3v) is 5.95. The minimum absolute atomic E-state index is 0.220. The van der Waals surface area contributed by atoms with Crippen LogP contribution >= 0.6 is 11.6 Å². The normalized spacial score (nSPS) is 26.1. The number of aliphatic hydroxyl groups is 1. The Morgan fingerprint density at radius 1 is 1.28 bits per heavy atom. The average Bonchev–Trinajstić information content (AvgIpc) is 3.10. The molecule has 2 aromatic rings. The van der Waals surface area contributed by atoms with Gasteiger partial charge in [-0.15, -0.1) is 0 Å². The summed E-state index contributed by atoms with van der Waals surface area (Å²) in [5.74, 6) is 0.189. The number of rotatable bonds is 4. The molecule has 2 heterocycles. The Hall–Kier alpha value is -2.38. The Morgan fingerprint density at radius 3 is 2.72 bits per heavy atom. The fourth-order valence-corrected chi connectivity index (χ4v) is 4.49. The van der Waals surface area contributed by atoms with Crippen LogP contribution in [0.15, 0.2) is 36.5 Å². The molecule has 4 atom stereocenters. The number of carbonyl (C=O) groups excluding carboxylic acids is 1. The lowest BCUT2D eigenvalue weighted by Gasteiger charge is -2.35. The molecule has 8 heteroatoms. The van der Waals surface area contributed by atoms with Crippen LogP contribution in [-0.4, -0.2) is 48.5 Å². The van der Waals surface area contributed by atoms with E-state index in [-0.39, 0.29) is 22.7 Å². The standard InChI is InChI=1S/C21H22ClFN2O4/c1-28-21(27)15-4-2-3-5-18(15)29-19-7-13-11-25(10-12(13)6-17(19)26)20-16(23)8-14(22)9-24-20/h2-5,8-9,12-13,17,19,26H,6-7,10-11H2,1H3/t12-,13+,17+,19+/m0/s1. The van der Waals surface area contributed by atoms with Gasteiger partial charge in [-0.05, 0) is 42.9 Å². The summed E-state index contributed by atoms with van der Waals surface area (Å²) >= 11 is 5.80. The molecule has 0 bridgehead atoms. The first-order chi connectivity index (χ1) is 14.0. The lowest BCUT2D eigenvalue weighted by molar-refractivity contribution is -0.0237. The summed E-state index contributed by atoms with van der Waals surface area (Å²) in [6, 6.07) is 8.09. The molecule has 1 saturated heterocycles. The topological polar surface area (TPSA) is 71.9 Å². The molecule has 1 aliphatic carbocycles. The van der Waals surface area contributed by atoms with Crippen LogP contribution in [0.3, 0.4) is 0 Å². The molecule has 1 saturated carbocycles. The predicted octanol–water partition coefficient (Wildman–Crippen LogP) is 3.32. The van der Waals surface area contributed by atoms with Crippen LogP contribution in [0.25, 0.3) is 0 Å². The van der Waals surface area contributed by atoms with E-state index in [0.29, 0.717) is 37.2 Å². The molecule has 0 amide bonds. The van der Waals surface area contributed by atoms with E-state index in [1.165, 1.54) is 19.4 Å². The minimum atomic E-state index is -0.676. The number of benzene rings is 1. The van der Waals surface area contributed by atoms with Gasteiger partial charge in [0.1, 0.15) is 17.4 Å². The van der Waals surface area contributed by atoms with Crippen LogP contribution in [-0.2, 0) is 4.74 Å². The van der Waals surface area contributed by atoms with Crippen molar-refractivity contribution in [2.75, 3.05) is 25.1 Å². The number of esters is 1. The molecule has 6 nitrogen and oxygen atoms in total. The molecule has 1 N–H and O–H groups in total. The van der Waals surface area contributed by atoms with Gasteiger partial charge in [-0.1, -0.05) is 23.7 Å². The van der Waals surface area contributed by atoms with E-state index in [2.05, 4.69) is 4.98 Å². The highest BCUT2D eigenvalue weighted by Gasteiger charge is 2.43. The third kappa shape index (κ3) is 4.02. The first-order valence-corrected chi connectivity index (χ1v) is 9.92. The van der Waals surface area contributed by atoms with Gasteiger partial charge in [0.2, 0.25) is 0 Å². The van der Waals surface area contributed by atoms with E-state index in [1.54, 1.807) is 24.3 Å². The zero-order valence-corrected chi connectivity index (χ0v) is 16.7. The predicted molar refractivity (Wildman–Crippen MR) is 106 cm³/mol. The van der Waals surface area contributed by atoms with Crippen molar-refractivity contribution in [2.24, 2.45) is 11.8 Å². The second kappa shape index (κ2) is 8.16. The molecule has 0 spiro atoms. The van der Waals surface area contributed by atoms with Crippen molar-refractivity contribution >= 4 is 23.4 Å². The van der Waals surface area contributed by atoms with E-state index in [1.807, 2.05) is 4.90 Å². The molecular formula is C21H22ClFN2O4. The van der Waals surface area contributed by atoms with Gasteiger partial charge >= 0.3 is 5.97 Å². The number of pyridine rings is 1. The Balaban J connectivity index is 1.48. The minimum Gasteiger partial charge on any atom is -0.487 e. The van der Waals surface area contributed by atoms with Gasteiger partial charge in [0, 0.05) is 19.3 Å². The maximum absolute atomic E-state index is 14.3. The second-order valence-corrected chi connectivity index (χ2v) is 8.00. The van der Waals surface area contributed by atoms with E-state index >= 15 is 0 Å². The van der Waals surface area contributed by atoms with Crippen LogP contribution in [0.1, 0.15) is 23.2 Å². The number of aliphatic hydroxyl groups excluding tert-OH is 1. The zero-order valence-electron chi connectivity index (χ0n) is 15.9. The number of methoxy groups -OCH3 is 1. The molecule has 2 aliphatic rings. The Bertz CT molecular complexity index is 912. The van der Waals surface area contributed by atoms with Crippen molar-refractivity contribution in [1.29, 1.82) is 0 Å². The summed E-state index contributed by atoms with van der Waals surface area (Å²) in [5, 5.41) is 10.9. The Morgan fingerprint density at radius 2 is 2.00 bits per heavy atom. The average molecular weight is 421 g/mol. The fourth-order valence-electron chi connectivity index (χ4n) is 4.34. The zero-order chi connectivity index (χ0) is 20.5. The first-order valence-electron chi connectivity index (χ1n) is 9.54. The number of hydrogen-bond donors (Lipinski definition) is 1. The Labute approximate surface area is 173 Å². The van der Waals surface area contributed by atoms with Crippen LogP contribution in [0, 0.1) is 17.7 Å². The number of nitrogens with zero attached hydrogens (tertiary/aromatic N) is 2. The van der Waals surface area contributed by atoms with E-state index < -0.39 is 24.0 Å². The lowest BCUT2D eigenvalue weighted by atomic mass is 9.78. The van der Waals surface area contributed by atoms with Crippen molar-refractivity contribution in [1.82, 2.24) is 4.98 Å². The van der Waals surface area contributed by atoms with Crippen LogP contribution in [0.2, 0.25) is 5.02 Å². The number of aromatic nitrogens is 1. The molecule has 4 rings (SSSR count). The van der Waals surface area contributed by atoms with Crippen molar-refractivity contribution in [3.8, 4) is 5.75 Å². The number of carbonyl (C=O) groups is 1. The van der Waals surface area contributed by atoms with E-state index in [9.17, 15) is 14.3 Å². The monoisotopic (exact) mass is 420 g/mol. The maximum atomic E-state index is 14.3. The van der Waals surface area contributed by atoms with Crippen LogP contribution in [0.5, 0.6) is 5.75 Å². The van der Waals surface area contributed by atoms with Gasteiger partial charge in [0.15, 0.2) is 11.6 Å². The quantitative estimate of drug-likeness (QED) is 0.765. The van der Waals surface area contributed by atoms with Gasteiger partial charge in [0.25, 0.3) is 0 Å². The summed E-state index contributed by atoms with van der Waals surface area (Å²) in [4.78, 5) is 18.0. The van der Waals surface area contributed by atoms with Gasteiger partial charge in [-0.2, -0.15) is 0 Å². The highest BCUT2D eigenvalue weighted by Crippen LogP contribution is 2.40. The van der Waals surface area contributed by atoms with Crippen molar-refractivity contribution < 1.29 is 23.8 Å². The molecule has 1 aromatic carbocycles. The van der Waals surface area contributed by atoms with E-state index in [4.69, 9.17) is 21.1 Å². The van der Waals surface area contributed by atoms with Crippen LogP contribution < -0.4 is 9.64 Å². The smallest absolute Gasteiger partial charge is 0.341 e. The number of halogens is 2. The SMILES string of the molecule is COC(=O)c1ccccc1O[C@@H]1C[C@@H]2CN(c3ncc(Cl)cc3F)C[C@@H]2C[C@H]1O. The van der Waals surface area contributed by atoms with Gasteiger partial charge < -0.3 is 19.5 Å². The molecule has 2 fully saturated rings. The number of ether oxygens (including phenoxy) is 2. The van der Waals surface area contributed by atoms with E-state index in [0.717, 1.165) is 0 Å².